The van der Waals surface area contributed by atoms with Crippen molar-refractivity contribution in [3.63, 3.8) is 0 Å². The second-order valence-electron chi connectivity index (χ2n) is 5.47. The van der Waals surface area contributed by atoms with Crippen LogP contribution in [0.3, 0.4) is 0 Å². The van der Waals surface area contributed by atoms with E-state index in [0.29, 0.717) is 16.5 Å². The van der Waals surface area contributed by atoms with Crippen LogP contribution in [0.5, 0.6) is 5.75 Å². The highest BCUT2D eigenvalue weighted by molar-refractivity contribution is 6.31. The maximum atomic E-state index is 12.4. The molecule has 0 N–H and O–H groups in total. The maximum absolute atomic E-state index is 12.4. The largest absolute Gasteiger partial charge is 0.482 e. The Kier molecular flexibility index (Phi) is 5.09. The Hall–Kier alpha value is -3.06. The quantitative estimate of drug-likeness (QED) is 0.594. The van der Waals surface area contributed by atoms with Gasteiger partial charge in [0.15, 0.2) is 6.61 Å². The maximum Gasteiger partial charge on any atom is 0.346 e. The third kappa shape index (κ3) is 3.62. The normalized spacial score (nSPS) is 16.8. The van der Waals surface area contributed by atoms with E-state index in [9.17, 15) is 14.4 Å². The number of nitrogens with zero attached hydrogens (tertiary/aromatic N) is 2. The number of halogens is 1. The number of rotatable bonds is 5. The SMILES string of the molecule is CN1C(=O)[C@H](OC(=O)COc2ccccc2)N(c2cccc(Cl)c2)C1=O. The standard InChI is InChI=1S/C18H15ClN2O5/c1-20-16(23)17(21(18(20)24)13-7-5-6-12(19)10-13)26-15(22)11-25-14-8-3-2-4-9-14/h2-10,17H,11H2,1H3/t17-/m0/s1. The molecule has 1 aliphatic rings. The van der Waals surface area contributed by atoms with Crippen LogP contribution < -0.4 is 9.64 Å². The summed E-state index contributed by atoms with van der Waals surface area (Å²) in [5.74, 6) is -0.938. The monoisotopic (exact) mass is 374 g/mol. The molecule has 1 saturated heterocycles. The number of amides is 3. The summed E-state index contributed by atoms with van der Waals surface area (Å²) < 4.78 is 10.5. The van der Waals surface area contributed by atoms with Gasteiger partial charge in [-0.3, -0.25) is 9.69 Å². The number of carbonyl (C=O) groups is 3. The van der Waals surface area contributed by atoms with Gasteiger partial charge < -0.3 is 9.47 Å². The molecule has 0 bridgehead atoms. The van der Waals surface area contributed by atoms with Crippen molar-refractivity contribution in [3.05, 3.63) is 59.6 Å². The van der Waals surface area contributed by atoms with E-state index < -0.39 is 30.7 Å². The van der Waals surface area contributed by atoms with Crippen molar-refractivity contribution in [2.75, 3.05) is 18.6 Å². The zero-order chi connectivity index (χ0) is 18.7. The summed E-state index contributed by atoms with van der Waals surface area (Å²) in [5, 5.41) is 0.384. The highest BCUT2D eigenvalue weighted by atomic mass is 35.5. The number of carbonyl (C=O) groups excluding carboxylic acids is 3. The molecule has 2 aromatic rings. The number of likely N-dealkylation sites (N-methyl/N-ethyl adjacent to an activating group) is 1. The molecule has 1 fully saturated rings. The summed E-state index contributed by atoms with van der Waals surface area (Å²) in [7, 11) is 1.32. The molecule has 7 nitrogen and oxygen atoms in total. The number of ether oxygens (including phenoxy) is 2. The Morgan fingerprint density at radius 2 is 1.85 bits per heavy atom. The Morgan fingerprint density at radius 3 is 2.54 bits per heavy atom. The van der Waals surface area contributed by atoms with Gasteiger partial charge in [-0.1, -0.05) is 35.9 Å². The predicted molar refractivity (Wildman–Crippen MR) is 93.9 cm³/mol. The molecule has 0 spiro atoms. The molecular weight excluding hydrogens is 360 g/mol. The van der Waals surface area contributed by atoms with Gasteiger partial charge >= 0.3 is 12.0 Å². The summed E-state index contributed by atoms with van der Waals surface area (Å²) in [6.07, 6.45) is -1.40. The number of benzene rings is 2. The Balaban J connectivity index is 1.74. The zero-order valence-electron chi connectivity index (χ0n) is 13.8. The summed E-state index contributed by atoms with van der Waals surface area (Å²) in [6, 6.07) is 14.5. The molecule has 1 atom stereocenters. The van der Waals surface area contributed by atoms with Crippen LogP contribution in [-0.2, 0) is 14.3 Å². The number of imide groups is 1. The van der Waals surface area contributed by atoms with Crippen LogP contribution in [0.1, 0.15) is 0 Å². The van der Waals surface area contributed by atoms with E-state index in [-0.39, 0.29) is 0 Å². The lowest BCUT2D eigenvalue weighted by Gasteiger charge is -2.21. The predicted octanol–water partition coefficient (Wildman–Crippen LogP) is 2.69. The first kappa shape index (κ1) is 17.8. The first-order valence-corrected chi connectivity index (χ1v) is 8.09. The molecule has 0 aliphatic carbocycles. The topological polar surface area (TPSA) is 76.2 Å². The van der Waals surface area contributed by atoms with Crippen molar-refractivity contribution in [1.82, 2.24) is 4.90 Å². The average Bonchev–Trinajstić information content (AvgIpc) is 2.85. The van der Waals surface area contributed by atoms with Crippen LogP contribution in [0, 0.1) is 0 Å². The highest BCUT2D eigenvalue weighted by Crippen LogP contribution is 2.28. The van der Waals surface area contributed by atoms with Gasteiger partial charge in [0.05, 0.1) is 5.69 Å². The summed E-state index contributed by atoms with van der Waals surface area (Å²) >= 11 is 5.95. The Bertz CT molecular complexity index is 842. The van der Waals surface area contributed by atoms with Gasteiger partial charge in [0.2, 0.25) is 0 Å². The van der Waals surface area contributed by atoms with Gasteiger partial charge in [0.25, 0.3) is 12.1 Å². The Labute approximate surface area is 154 Å². The van der Waals surface area contributed by atoms with Gasteiger partial charge in [-0.2, -0.15) is 0 Å². The van der Waals surface area contributed by atoms with E-state index in [1.807, 2.05) is 6.07 Å². The molecule has 3 amide bonds. The molecule has 26 heavy (non-hydrogen) atoms. The smallest absolute Gasteiger partial charge is 0.346 e. The molecule has 0 aromatic heterocycles. The summed E-state index contributed by atoms with van der Waals surface area (Å²) in [6.45, 7) is -0.394. The second kappa shape index (κ2) is 7.45. The average molecular weight is 375 g/mol. The van der Waals surface area contributed by atoms with Gasteiger partial charge in [-0.25, -0.2) is 14.5 Å². The van der Waals surface area contributed by atoms with Crippen molar-refractivity contribution in [1.29, 1.82) is 0 Å². The van der Waals surface area contributed by atoms with Gasteiger partial charge in [-0.05, 0) is 30.3 Å². The van der Waals surface area contributed by atoms with E-state index in [1.165, 1.54) is 13.1 Å². The molecule has 0 unspecified atom stereocenters. The third-order valence-corrected chi connectivity index (χ3v) is 3.93. The fourth-order valence-electron chi connectivity index (χ4n) is 2.42. The van der Waals surface area contributed by atoms with E-state index in [1.54, 1.807) is 42.5 Å². The lowest BCUT2D eigenvalue weighted by Crippen LogP contribution is -2.39. The highest BCUT2D eigenvalue weighted by Gasteiger charge is 2.46. The van der Waals surface area contributed by atoms with Gasteiger partial charge in [0.1, 0.15) is 5.75 Å². The first-order valence-electron chi connectivity index (χ1n) is 7.71. The molecule has 0 saturated carbocycles. The molecule has 3 rings (SSSR count). The van der Waals surface area contributed by atoms with Crippen LogP contribution in [-0.4, -0.2) is 42.7 Å². The number of urea groups is 1. The Morgan fingerprint density at radius 1 is 1.12 bits per heavy atom. The van der Waals surface area contributed by atoms with Crippen molar-refractivity contribution in [2.45, 2.75) is 6.23 Å². The van der Waals surface area contributed by atoms with Crippen LogP contribution >= 0.6 is 11.6 Å². The van der Waals surface area contributed by atoms with Crippen LogP contribution in [0.25, 0.3) is 0 Å². The van der Waals surface area contributed by atoms with Crippen molar-refractivity contribution in [3.8, 4) is 5.75 Å². The first-order chi connectivity index (χ1) is 12.5. The van der Waals surface area contributed by atoms with E-state index in [0.717, 1.165) is 9.80 Å². The second-order valence-corrected chi connectivity index (χ2v) is 5.91. The third-order valence-electron chi connectivity index (χ3n) is 3.70. The fourth-order valence-corrected chi connectivity index (χ4v) is 2.61. The lowest BCUT2D eigenvalue weighted by atomic mass is 10.3. The number of para-hydroxylation sites is 1. The number of esters is 1. The van der Waals surface area contributed by atoms with Crippen molar-refractivity contribution in [2.24, 2.45) is 0 Å². The minimum Gasteiger partial charge on any atom is -0.482 e. The molecule has 2 aromatic carbocycles. The zero-order valence-corrected chi connectivity index (χ0v) is 14.6. The number of hydrogen-bond donors (Lipinski definition) is 0. The molecule has 1 heterocycles. The van der Waals surface area contributed by atoms with E-state index >= 15 is 0 Å². The molecule has 134 valence electrons. The molecule has 0 radical (unpaired) electrons. The molecular formula is C18H15ClN2O5. The summed E-state index contributed by atoms with van der Waals surface area (Å²) in [4.78, 5) is 38.7. The fraction of sp³-hybridized carbons (Fsp3) is 0.167. The van der Waals surface area contributed by atoms with Crippen molar-refractivity contribution >= 4 is 35.2 Å². The minimum absolute atomic E-state index is 0.349. The number of anilines is 1. The van der Waals surface area contributed by atoms with Crippen LogP contribution in [0.2, 0.25) is 5.02 Å². The van der Waals surface area contributed by atoms with Crippen molar-refractivity contribution < 1.29 is 23.9 Å². The molecule has 1 aliphatic heterocycles. The minimum atomic E-state index is -1.40. The summed E-state index contributed by atoms with van der Waals surface area (Å²) in [5.41, 5.74) is 0.349. The van der Waals surface area contributed by atoms with E-state index in [2.05, 4.69) is 0 Å². The van der Waals surface area contributed by atoms with Crippen LogP contribution in [0.15, 0.2) is 54.6 Å². The number of hydrogen-bond acceptors (Lipinski definition) is 5. The molecule has 8 heteroatoms. The van der Waals surface area contributed by atoms with Crippen LogP contribution in [0.4, 0.5) is 10.5 Å². The lowest BCUT2D eigenvalue weighted by molar-refractivity contribution is -0.157. The van der Waals surface area contributed by atoms with Gasteiger partial charge in [0, 0.05) is 12.1 Å². The van der Waals surface area contributed by atoms with E-state index in [4.69, 9.17) is 21.1 Å². The van der Waals surface area contributed by atoms with Gasteiger partial charge in [-0.15, -0.1) is 0 Å².